The van der Waals surface area contributed by atoms with Crippen LogP contribution >= 0.6 is 0 Å². The number of hydrogen-bond acceptors (Lipinski definition) is 5. The molecule has 1 unspecified atom stereocenters. The lowest BCUT2D eigenvalue weighted by Gasteiger charge is -2.40. The molecular formula is C39H53N5O2. The van der Waals surface area contributed by atoms with Gasteiger partial charge in [0.2, 0.25) is 11.8 Å². The number of hydrogen-bond donors (Lipinski definition) is 3. The van der Waals surface area contributed by atoms with E-state index in [1.54, 1.807) is 0 Å². The van der Waals surface area contributed by atoms with Crippen molar-refractivity contribution >= 4 is 33.5 Å². The predicted molar refractivity (Wildman–Crippen MR) is 192 cm³/mol. The molecule has 7 nitrogen and oxygen atoms in total. The number of pyridine rings is 1. The number of carbonyl (C=O) groups is 2. The Bertz CT molecular complexity index is 1620. The smallest absolute Gasteiger partial charge is 0.221 e. The summed E-state index contributed by atoms with van der Waals surface area (Å²) in [6, 6.07) is 23.7. The molecule has 246 valence electrons. The van der Waals surface area contributed by atoms with Gasteiger partial charge in [0.15, 0.2) is 0 Å². The fourth-order valence-electron chi connectivity index (χ4n) is 6.33. The average molecular weight is 624 g/mol. The third-order valence-corrected chi connectivity index (χ3v) is 8.98. The van der Waals surface area contributed by atoms with Gasteiger partial charge in [0.05, 0.1) is 11.2 Å². The molecule has 1 heterocycles. The van der Waals surface area contributed by atoms with Crippen LogP contribution in [0.3, 0.4) is 0 Å². The standard InChI is InChI=1S/C39H53N5O2/c1-27(2)16-20-41-36(45)17-22-44(23-18-37(46)42-21-19-40)39(5,6)26-29(4)31-13-15-32-33-14-12-28(3)24-35(33)43-38(34(32)25-31)30-10-8-7-9-11-30/h7-15,24-25,27,29H,16-23,26,40H2,1-6H3,(H,41,45)(H,42,46). The number of nitrogens with one attached hydrogen (secondary N) is 2. The van der Waals surface area contributed by atoms with Crippen molar-refractivity contribution in [3.05, 3.63) is 77.9 Å². The van der Waals surface area contributed by atoms with E-state index in [0.29, 0.717) is 51.5 Å². The van der Waals surface area contributed by atoms with E-state index >= 15 is 0 Å². The van der Waals surface area contributed by atoms with Crippen LogP contribution in [0.1, 0.15) is 77.3 Å². The average Bonchev–Trinajstić information content (AvgIpc) is 3.02. The first kappa shape index (κ1) is 35.1. The molecule has 0 aliphatic carbocycles. The molecule has 0 radical (unpaired) electrons. The van der Waals surface area contributed by atoms with E-state index in [9.17, 15) is 9.59 Å². The summed E-state index contributed by atoms with van der Waals surface area (Å²) in [4.78, 5) is 32.7. The maximum atomic E-state index is 12.7. The van der Waals surface area contributed by atoms with Crippen LogP contribution in [0.5, 0.6) is 0 Å². The highest BCUT2D eigenvalue weighted by Gasteiger charge is 2.30. The van der Waals surface area contributed by atoms with Crippen molar-refractivity contribution in [1.29, 1.82) is 0 Å². The molecule has 0 bridgehead atoms. The maximum Gasteiger partial charge on any atom is 0.221 e. The molecule has 4 rings (SSSR count). The first-order chi connectivity index (χ1) is 22.0. The van der Waals surface area contributed by atoms with Crippen LogP contribution in [0, 0.1) is 12.8 Å². The van der Waals surface area contributed by atoms with Gasteiger partial charge >= 0.3 is 0 Å². The van der Waals surface area contributed by atoms with Crippen LogP contribution in [0.4, 0.5) is 0 Å². The Morgan fingerprint density at radius 3 is 2.15 bits per heavy atom. The lowest BCUT2D eigenvalue weighted by Crippen LogP contribution is -2.48. The number of nitrogens with zero attached hydrogens (tertiary/aromatic N) is 2. The number of amides is 2. The Labute approximate surface area is 275 Å². The van der Waals surface area contributed by atoms with E-state index in [-0.39, 0.29) is 23.3 Å². The summed E-state index contributed by atoms with van der Waals surface area (Å²) in [6.07, 6.45) is 2.58. The normalized spacial score (nSPS) is 12.6. The van der Waals surface area contributed by atoms with Crippen molar-refractivity contribution in [2.45, 2.75) is 78.7 Å². The number of rotatable bonds is 16. The molecule has 0 aliphatic heterocycles. The zero-order valence-electron chi connectivity index (χ0n) is 28.7. The molecule has 3 aromatic carbocycles. The molecule has 0 saturated heterocycles. The first-order valence-corrected chi connectivity index (χ1v) is 16.9. The van der Waals surface area contributed by atoms with Gasteiger partial charge in [0, 0.05) is 67.4 Å². The van der Waals surface area contributed by atoms with Gasteiger partial charge in [-0.25, -0.2) is 4.98 Å². The number of carbonyl (C=O) groups excluding carboxylic acids is 2. The van der Waals surface area contributed by atoms with Crippen LogP contribution < -0.4 is 16.4 Å². The van der Waals surface area contributed by atoms with Gasteiger partial charge in [-0.15, -0.1) is 0 Å². The molecule has 1 atom stereocenters. The Morgan fingerprint density at radius 1 is 0.848 bits per heavy atom. The highest BCUT2D eigenvalue weighted by atomic mass is 16.2. The molecular weight excluding hydrogens is 570 g/mol. The second kappa shape index (κ2) is 16.1. The summed E-state index contributed by atoms with van der Waals surface area (Å²) in [6.45, 7) is 15.9. The monoisotopic (exact) mass is 623 g/mol. The highest BCUT2D eigenvalue weighted by molar-refractivity contribution is 6.11. The number of benzene rings is 3. The minimum Gasteiger partial charge on any atom is -0.356 e. The van der Waals surface area contributed by atoms with Crippen molar-refractivity contribution in [1.82, 2.24) is 20.5 Å². The molecule has 1 aromatic heterocycles. The quantitative estimate of drug-likeness (QED) is 0.117. The molecule has 46 heavy (non-hydrogen) atoms. The summed E-state index contributed by atoms with van der Waals surface area (Å²) < 4.78 is 0. The molecule has 0 aliphatic rings. The third kappa shape index (κ3) is 9.36. The predicted octanol–water partition coefficient (Wildman–Crippen LogP) is 6.96. The highest BCUT2D eigenvalue weighted by Crippen LogP contribution is 2.37. The second-order valence-corrected chi connectivity index (χ2v) is 13.7. The summed E-state index contributed by atoms with van der Waals surface area (Å²) in [7, 11) is 0. The van der Waals surface area contributed by atoms with Gasteiger partial charge in [-0.05, 0) is 74.1 Å². The minimum absolute atomic E-state index is 0.0152. The van der Waals surface area contributed by atoms with E-state index in [0.717, 1.165) is 40.4 Å². The first-order valence-electron chi connectivity index (χ1n) is 16.9. The fourth-order valence-corrected chi connectivity index (χ4v) is 6.33. The number of nitrogens with two attached hydrogens (primary N) is 1. The van der Waals surface area contributed by atoms with Crippen molar-refractivity contribution in [3.8, 4) is 11.3 Å². The fraction of sp³-hybridized carbons (Fsp3) is 0.462. The van der Waals surface area contributed by atoms with E-state index in [4.69, 9.17) is 10.7 Å². The molecule has 0 spiro atoms. The summed E-state index contributed by atoms with van der Waals surface area (Å²) >= 11 is 0. The second-order valence-electron chi connectivity index (χ2n) is 13.7. The van der Waals surface area contributed by atoms with E-state index in [1.165, 1.54) is 16.5 Å². The number of fused-ring (bicyclic) bond motifs is 3. The van der Waals surface area contributed by atoms with Crippen molar-refractivity contribution in [2.75, 3.05) is 32.7 Å². The molecule has 2 amide bonds. The molecule has 4 N–H and O–H groups in total. The molecule has 4 aromatic rings. The summed E-state index contributed by atoms with van der Waals surface area (Å²) in [5, 5.41) is 9.46. The van der Waals surface area contributed by atoms with Crippen molar-refractivity contribution < 1.29 is 9.59 Å². The van der Waals surface area contributed by atoms with Crippen LogP contribution in [-0.4, -0.2) is 60.0 Å². The van der Waals surface area contributed by atoms with Crippen LogP contribution in [0.2, 0.25) is 0 Å². The Hall–Kier alpha value is -3.81. The Balaban J connectivity index is 1.60. The van der Waals surface area contributed by atoms with Crippen molar-refractivity contribution in [2.24, 2.45) is 11.7 Å². The van der Waals surface area contributed by atoms with Gasteiger partial charge < -0.3 is 16.4 Å². The largest absolute Gasteiger partial charge is 0.356 e. The van der Waals surface area contributed by atoms with Gasteiger partial charge in [-0.2, -0.15) is 0 Å². The third-order valence-electron chi connectivity index (χ3n) is 8.98. The number of aromatic nitrogens is 1. The van der Waals surface area contributed by atoms with Gasteiger partial charge in [-0.1, -0.05) is 75.4 Å². The molecule has 0 saturated carbocycles. The summed E-state index contributed by atoms with van der Waals surface area (Å²) in [5.41, 5.74) is 10.9. The van der Waals surface area contributed by atoms with Crippen LogP contribution in [0.25, 0.3) is 32.9 Å². The Kier molecular flexibility index (Phi) is 12.3. The van der Waals surface area contributed by atoms with Gasteiger partial charge in [0.1, 0.15) is 0 Å². The minimum atomic E-state index is -0.262. The van der Waals surface area contributed by atoms with Crippen LogP contribution in [0.15, 0.2) is 66.7 Å². The SMILES string of the molecule is Cc1ccc2c(c1)nc(-c1ccccc1)c1cc(C(C)CC(C)(C)N(CCC(=O)NCCN)CCC(=O)NCCC(C)C)ccc12. The van der Waals surface area contributed by atoms with E-state index < -0.39 is 0 Å². The van der Waals surface area contributed by atoms with Crippen molar-refractivity contribution in [3.63, 3.8) is 0 Å². The summed E-state index contributed by atoms with van der Waals surface area (Å²) in [5.74, 6) is 0.811. The van der Waals surface area contributed by atoms with E-state index in [1.807, 2.05) is 6.07 Å². The lowest BCUT2D eigenvalue weighted by molar-refractivity contribution is -0.122. The zero-order valence-corrected chi connectivity index (χ0v) is 28.7. The molecule has 7 heteroatoms. The number of aryl methyl sites for hydroxylation is 1. The molecule has 0 fully saturated rings. The van der Waals surface area contributed by atoms with Crippen LogP contribution in [-0.2, 0) is 9.59 Å². The van der Waals surface area contributed by atoms with E-state index in [2.05, 4.69) is 118 Å². The lowest BCUT2D eigenvalue weighted by atomic mass is 9.84. The van der Waals surface area contributed by atoms with Gasteiger partial charge in [0.25, 0.3) is 0 Å². The zero-order chi connectivity index (χ0) is 33.3. The Morgan fingerprint density at radius 2 is 1.50 bits per heavy atom. The maximum absolute atomic E-state index is 12.7. The van der Waals surface area contributed by atoms with Gasteiger partial charge in [-0.3, -0.25) is 14.5 Å². The topological polar surface area (TPSA) is 100 Å².